The zero-order valence-electron chi connectivity index (χ0n) is 9.57. The molecule has 18 heavy (non-hydrogen) atoms. The van der Waals surface area contributed by atoms with Crippen LogP contribution in [0, 0.1) is 0 Å². The van der Waals surface area contributed by atoms with Crippen molar-refractivity contribution in [3.63, 3.8) is 0 Å². The molecule has 1 amide bonds. The summed E-state index contributed by atoms with van der Waals surface area (Å²) in [6, 6.07) is 9.06. The molecule has 0 radical (unpaired) electrons. The van der Waals surface area contributed by atoms with Gasteiger partial charge in [-0.15, -0.1) is 0 Å². The molecule has 1 aromatic heterocycles. The molecule has 0 saturated carbocycles. The van der Waals surface area contributed by atoms with E-state index in [0.29, 0.717) is 17.1 Å². The molecule has 3 nitrogen and oxygen atoms in total. The van der Waals surface area contributed by atoms with Gasteiger partial charge in [0.2, 0.25) is 0 Å². The van der Waals surface area contributed by atoms with Gasteiger partial charge >= 0.3 is 0 Å². The summed E-state index contributed by atoms with van der Waals surface area (Å²) in [5.74, 6) is -0.128. The summed E-state index contributed by atoms with van der Waals surface area (Å²) in [7, 11) is 0. The highest BCUT2D eigenvalue weighted by atomic mass is 79.9. The minimum absolute atomic E-state index is 0.128. The Morgan fingerprint density at radius 3 is 2.78 bits per heavy atom. The van der Waals surface area contributed by atoms with Crippen molar-refractivity contribution in [1.82, 2.24) is 9.88 Å². The van der Waals surface area contributed by atoms with Gasteiger partial charge in [-0.1, -0.05) is 11.6 Å². The fourth-order valence-corrected chi connectivity index (χ4v) is 2.18. The maximum Gasteiger partial charge on any atom is 0.252 e. The third kappa shape index (κ3) is 3.37. The van der Waals surface area contributed by atoms with Crippen LogP contribution < -0.4 is 5.32 Å². The summed E-state index contributed by atoms with van der Waals surface area (Å²) < 4.78 is 2.75. The molecule has 1 heterocycles. The number of hydrogen-bond donors (Lipinski definition) is 1. The number of halogens is 2. The van der Waals surface area contributed by atoms with Crippen LogP contribution in [0.3, 0.4) is 0 Å². The predicted molar refractivity (Wildman–Crippen MR) is 75.9 cm³/mol. The molecule has 0 fully saturated rings. The number of carbonyl (C=O) groups is 1. The lowest BCUT2D eigenvalue weighted by atomic mass is 10.2. The van der Waals surface area contributed by atoms with E-state index in [2.05, 4.69) is 21.2 Å². The topological polar surface area (TPSA) is 34.0 Å². The molecular weight excluding hydrogens is 316 g/mol. The van der Waals surface area contributed by atoms with Gasteiger partial charge in [0.25, 0.3) is 5.91 Å². The molecule has 2 rings (SSSR count). The summed E-state index contributed by atoms with van der Waals surface area (Å²) in [5.41, 5.74) is 0.551. The highest BCUT2D eigenvalue weighted by Crippen LogP contribution is 2.20. The first-order valence-corrected chi connectivity index (χ1v) is 6.68. The van der Waals surface area contributed by atoms with E-state index in [0.717, 1.165) is 11.0 Å². The molecular formula is C13H12BrClN2O. The number of carbonyl (C=O) groups excluding carboxylic acids is 1. The monoisotopic (exact) mass is 326 g/mol. The van der Waals surface area contributed by atoms with Crippen molar-refractivity contribution in [3.8, 4) is 0 Å². The van der Waals surface area contributed by atoms with Crippen LogP contribution in [0.15, 0.2) is 47.2 Å². The number of nitrogens with one attached hydrogen (secondary N) is 1. The van der Waals surface area contributed by atoms with Crippen LogP contribution in [0.5, 0.6) is 0 Å². The summed E-state index contributed by atoms with van der Waals surface area (Å²) in [5, 5.41) is 3.41. The van der Waals surface area contributed by atoms with Crippen LogP contribution in [-0.2, 0) is 6.54 Å². The minimum Gasteiger partial charge on any atom is -0.353 e. The molecule has 0 saturated heterocycles. The number of hydrogen-bond acceptors (Lipinski definition) is 1. The Bertz CT molecular complexity index is 540. The van der Waals surface area contributed by atoms with Crippen LogP contribution in [-0.4, -0.2) is 17.0 Å². The molecule has 94 valence electrons. The Hall–Kier alpha value is -1.26. The van der Waals surface area contributed by atoms with Gasteiger partial charge in [-0.05, 0) is 46.3 Å². The summed E-state index contributed by atoms with van der Waals surface area (Å²) in [4.78, 5) is 11.9. The van der Waals surface area contributed by atoms with Crippen molar-refractivity contribution >= 4 is 33.4 Å². The molecule has 0 atom stereocenters. The van der Waals surface area contributed by atoms with Gasteiger partial charge in [0, 0.05) is 35.0 Å². The third-order valence-electron chi connectivity index (χ3n) is 2.49. The second kappa shape index (κ2) is 6.07. The van der Waals surface area contributed by atoms with E-state index in [4.69, 9.17) is 11.6 Å². The first-order chi connectivity index (χ1) is 8.66. The second-order valence-electron chi connectivity index (χ2n) is 3.80. The molecule has 0 aliphatic carbocycles. The molecule has 0 spiro atoms. The van der Waals surface area contributed by atoms with E-state index in [1.807, 2.05) is 29.1 Å². The molecule has 1 aromatic carbocycles. The third-order valence-corrected chi connectivity index (χ3v) is 3.42. The quantitative estimate of drug-likeness (QED) is 0.918. The SMILES string of the molecule is O=C(NCCn1cccc1)c1cc(Cl)ccc1Br. The lowest BCUT2D eigenvalue weighted by Gasteiger charge is -2.08. The fourth-order valence-electron chi connectivity index (χ4n) is 1.58. The lowest BCUT2D eigenvalue weighted by Crippen LogP contribution is -2.27. The van der Waals surface area contributed by atoms with Crippen LogP contribution in [0.1, 0.15) is 10.4 Å². The highest BCUT2D eigenvalue weighted by molar-refractivity contribution is 9.10. The van der Waals surface area contributed by atoms with Crippen molar-refractivity contribution in [1.29, 1.82) is 0 Å². The molecule has 1 N–H and O–H groups in total. The van der Waals surface area contributed by atoms with Crippen molar-refractivity contribution < 1.29 is 4.79 Å². The smallest absolute Gasteiger partial charge is 0.252 e. The first-order valence-electron chi connectivity index (χ1n) is 5.51. The number of benzene rings is 1. The number of amides is 1. The zero-order valence-corrected chi connectivity index (χ0v) is 11.9. The van der Waals surface area contributed by atoms with Gasteiger partial charge in [0.15, 0.2) is 0 Å². The van der Waals surface area contributed by atoms with E-state index in [-0.39, 0.29) is 5.91 Å². The minimum atomic E-state index is -0.128. The van der Waals surface area contributed by atoms with E-state index in [9.17, 15) is 4.79 Å². The Morgan fingerprint density at radius 2 is 2.06 bits per heavy atom. The predicted octanol–water partition coefficient (Wildman–Crippen LogP) is 3.33. The van der Waals surface area contributed by atoms with Crippen molar-refractivity contribution in [2.24, 2.45) is 0 Å². The average molecular weight is 328 g/mol. The van der Waals surface area contributed by atoms with Crippen molar-refractivity contribution in [3.05, 3.63) is 57.8 Å². The summed E-state index contributed by atoms with van der Waals surface area (Å²) in [6.07, 6.45) is 3.92. The van der Waals surface area contributed by atoms with Crippen LogP contribution in [0.2, 0.25) is 5.02 Å². The van der Waals surface area contributed by atoms with Crippen molar-refractivity contribution in [2.75, 3.05) is 6.54 Å². The maximum atomic E-state index is 11.9. The summed E-state index contributed by atoms with van der Waals surface area (Å²) >= 11 is 9.21. The molecule has 0 aliphatic rings. The largest absolute Gasteiger partial charge is 0.353 e. The molecule has 5 heteroatoms. The normalized spacial score (nSPS) is 10.3. The van der Waals surface area contributed by atoms with Gasteiger partial charge in [0.05, 0.1) is 5.56 Å². The molecule has 0 bridgehead atoms. The Labute approximate surface area is 119 Å². The zero-order chi connectivity index (χ0) is 13.0. The van der Waals surface area contributed by atoms with Crippen LogP contribution in [0.25, 0.3) is 0 Å². The Kier molecular flexibility index (Phi) is 4.44. The fraction of sp³-hybridized carbons (Fsp3) is 0.154. The Balaban J connectivity index is 1.93. The molecule has 2 aromatic rings. The molecule has 0 unspecified atom stereocenters. The van der Waals surface area contributed by atoms with Gasteiger partial charge in [-0.2, -0.15) is 0 Å². The van der Waals surface area contributed by atoms with Crippen molar-refractivity contribution in [2.45, 2.75) is 6.54 Å². The van der Waals surface area contributed by atoms with Gasteiger partial charge in [-0.3, -0.25) is 4.79 Å². The van der Waals surface area contributed by atoms with Crippen LogP contribution >= 0.6 is 27.5 Å². The number of nitrogens with zero attached hydrogens (tertiary/aromatic N) is 1. The van der Waals surface area contributed by atoms with Gasteiger partial charge < -0.3 is 9.88 Å². The van der Waals surface area contributed by atoms with Gasteiger partial charge in [-0.25, -0.2) is 0 Å². The van der Waals surface area contributed by atoms with Crippen LogP contribution in [0.4, 0.5) is 0 Å². The first kappa shape index (κ1) is 13.2. The van der Waals surface area contributed by atoms with E-state index in [1.54, 1.807) is 18.2 Å². The highest BCUT2D eigenvalue weighted by Gasteiger charge is 2.09. The van der Waals surface area contributed by atoms with E-state index in [1.165, 1.54) is 0 Å². The second-order valence-corrected chi connectivity index (χ2v) is 5.09. The number of aromatic nitrogens is 1. The Morgan fingerprint density at radius 1 is 1.33 bits per heavy atom. The van der Waals surface area contributed by atoms with Gasteiger partial charge in [0.1, 0.15) is 0 Å². The summed E-state index contributed by atoms with van der Waals surface area (Å²) in [6.45, 7) is 1.32. The van der Waals surface area contributed by atoms with E-state index >= 15 is 0 Å². The standard InChI is InChI=1S/C13H12BrClN2O/c14-12-4-3-10(15)9-11(12)13(18)16-5-8-17-6-1-2-7-17/h1-4,6-7,9H,5,8H2,(H,16,18). The average Bonchev–Trinajstić information content (AvgIpc) is 2.85. The molecule has 0 aliphatic heterocycles. The lowest BCUT2D eigenvalue weighted by molar-refractivity contribution is 0.0951. The maximum absolute atomic E-state index is 11.9. The number of rotatable bonds is 4. The van der Waals surface area contributed by atoms with E-state index < -0.39 is 0 Å².